The first-order valence-electron chi connectivity index (χ1n) is 7.08. The lowest BCUT2D eigenvalue weighted by atomic mass is 10.2. The van der Waals surface area contributed by atoms with Crippen LogP contribution in [0.5, 0.6) is 0 Å². The summed E-state index contributed by atoms with van der Waals surface area (Å²) in [5.74, 6) is -0.414. The Morgan fingerprint density at radius 1 is 1.14 bits per heavy atom. The van der Waals surface area contributed by atoms with Gasteiger partial charge in [-0.1, -0.05) is 17.8 Å². The molecule has 0 saturated carbocycles. The number of pyridine rings is 1. The molecule has 1 N–H and O–H groups in total. The lowest BCUT2D eigenvalue weighted by Gasteiger charge is -2.11. The van der Waals surface area contributed by atoms with Crippen molar-refractivity contribution in [3.63, 3.8) is 0 Å². The number of hydrogen-bond acceptors (Lipinski definition) is 4. The molecule has 0 unspecified atom stereocenters. The fourth-order valence-electron chi connectivity index (χ4n) is 2.32. The van der Waals surface area contributed by atoms with Gasteiger partial charge in [-0.15, -0.1) is 0 Å². The third kappa shape index (κ3) is 3.80. The molecule has 1 heterocycles. The summed E-state index contributed by atoms with van der Waals surface area (Å²) in [5, 5.41) is 0. The van der Waals surface area contributed by atoms with E-state index in [9.17, 15) is 9.59 Å². The molecule has 116 valence electrons. The van der Waals surface area contributed by atoms with Crippen LogP contribution in [-0.2, 0) is 4.74 Å². The molecule has 0 amide bonds. The van der Waals surface area contributed by atoms with Crippen LogP contribution >= 0.6 is 11.8 Å². The van der Waals surface area contributed by atoms with Gasteiger partial charge in [-0.2, -0.15) is 0 Å². The average molecular weight is 317 g/mol. The van der Waals surface area contributed by atoms with Crippen LogP contribution < -0.4 is 5.56 Å². The number of ether oxygens (including phenoxy) is 1. The Kier molecular flexibility index (Phi) is 5.08. The van der Waals surface area contributed by atoms with Gasteiger partial charge in [-0.05, 0) is 51.0 Å². The van der Waals surface area contributed by atoms with E-state index in [0.717, 1.165) is 16.0 Å². The van der Waals surface area contributed by atoms with Crippen molar-refractivity contribution in [3.8, 4) is 0 Å². The van der Waals surface area contributed by atoms with Gasteiger partial charge in [0.2, 0.25) is 5.56 Å². The van der Waals surface area contributed by atoms with E-state index in [0.29, 0.717) is 22.8 Å². The van der Waals surface area contributed by atoms with Gasteiger partial charge in [0, 0.05) is 21.6 Å². The molecule has 1 aromatic carbocycles. The van der Waals surface area contributed by atoms with Gasteiger partial charge in [-0.3, -0.25) is 4.79 Å². The summed E-state index contributed by atoms with van der Waals surface area (Å²) in [4.78, 5) is 28.2. The van der Waals surface area contributed by atoms with Crippen LogP contribution in [0.4, 0.5) is 0 Å². The highest BCUT2D eigenvalue weighted by Crippen LogP contribution is 2.32. The second kappa shape index (κ2) is 6.83. The molecule has 0 aliphatic rings. The molecule has 1 aromatic heterocycles. The average Bonchev–Trinajstić information content (AvgIpc) is 2.36. The molecule has 0 bridgehead atoms. The highest BCUT2D eigenvalue weighted by Gasteiger charge is 2.18. The Labute approximate surface area is 133 Å². The van der Waals surface area contributed by atoms with Crippen LogP contribution in [0.15, 0.2) is 38.9 Å². The van der Waals surface area contributed by atoms with Crippen LogP contribution in [0, 0.1) is 20.8 Å². The molecule has 22 heavy (non-hydrogen) atoms. The second-order valence-corrected chi connectivity index (χ2v) is 6.26. The minimum Gasteiger partial charge on any atom is -0.462 e. The molecule has 4 nitrogen and oxygen atoms in total. The first-order chi connectivity index (χ1) is 10.4. The summed E-state index contributed by atoms with van der Waals surface area (Å²) in [6.45, 7) is 7.80. The van der Waals surface area contributed by atoms with E-state index in [1.165, 1.54) is 17.8 Å². The van der Waals surface area contributed by atoms with Gasteiger partial charge in [-0.25, -0.2) is 4.79 Å². The quantitative estimate of drug-likeness (QED) is 0.875. The zero-order valence-electron chi connectivity index (χ0n) is 13.1. The van der Waals surface area contributed by atoms with Crippen molar-refractivity contribution in [1.29, 1.82) is 0 Å². The van der Waals surface area contributed by atoms with Gasteiger partial charge in [0.05, 0.1) is 12.2 Å². The topological polar surface area (TPSA) is 59.2 Å². The van der Waals surface area contributed by atoms with Crippen molar-refractivity contribution in [3.05, 3.63) is 57.0 Å². The Morgan fingerprint density at radius 2 is 1.77 bits per heavy atom. The summed E-state index contributed by atoms with van der Waals surface area (Å²) in [6.07, 6.45) is 0. The van der Waals surface area contributed by atoms with Gasteiger partial charge < -0.3 is 9.72 Å². The summed E-state index contributed by atoms with van der Waals surface area (Å²) >= 11 is 1.40. The molecule has 2 rings (SSSR count). The fourth-order valence-corrected chi connectivity index (χ4v) is 3.56. The van der Waals surface area contributed by atoms with Crippen LogP contribution in [0.3, 0.4) is 0 Å². The second-order valence-electron chi connectivity index (χ2n) is 5.14. The number of esters is 1. The zero-order chi connectivity index (χ0) is 16.3. The number of aryl methyl sites for hydroxylation is 3. The maximum Gasteiger partial charge on any atom is 0.341 e. The Balaban J connectivity index is 2.49. The monoisotopic (exact) mass is 317 g/mol. The molecule has 5 heteroatoms. The van der Waals surface area contributed by atoms with Crippen LogP contribution in [0.25, 0.3) is 0 Å². The summed E-state index contributed by atoms with van der Waals surface area (Å²) in [6, 6.07) is 7.59. The number of nitrogens with one attached hydrogen (secondary N) is 1. The van der Waals surface area contributed by atoms with Crippen LogP contribution in [-0.4, -0.2) is 17.6 Å². The minimum absolute atomic E-state index is 0.225. The molecule has 0 aliphatic carbocycles. The normalized spacial score (nSPS) is 10.5. The number of aromatic amines is 1. The number of hydrogen-bond donors (Lipinski definition) is 1. The van der Waals surface area contributed by atoms with Crippen LogP contribution in [0.1, 0.15) is 34.1 Å². The standard InChI is InChI=1S/C17H19NO3S/c1-5-21-17(20)16-12(4)18-15(19)9-14(16)22-13-7-10(2)6-11(3)8-13/h6-9H,5H2,1-4H3,(H,18,19). The summed E-state index contributed by atoms with van der Waals surface area (Å²) in [7, 11) is 0. The van der Waals surface area contributed by atoms with E-state index in [-0.39, 0.29) is 5.56 Å². The molecule has 0 saturated heterocycles. The zero-order valence-corrected chi connectivity index (χ0v) is 14.0. The molecule has 0 atom stereocenters. The molecule has 0 fully saturated rings. The lowest BCUT2D eigenvalue weighted by molar-refractivity contribution is 0.0520. The lowest BCUT2D eigenvalue weighted by Crippen LogP contribution is -2.15. The third-order valence-corrected chi connectivity index (χ3v) is 4.11. The number of carbonyl (C=O) groups is 1. The van der Waals surface area contributed by atoms with Crippen molar-refractivity contribution < 1.29 is 9.53 Å². The third-order valence-electron chi connectivity index (χ3n) is 3.10. The van der Waals surface area contributed by atoms with Crippen molar-refractivity contribution >= 4 is 17.7 Å². The van der Waals surface area contributed by atoms with Crippen molar-refractivity contribution in [2.24, 2.45) is 0 Å². The van der Waals surface area contributed by atoms with Gasteiger partial charge >= 0.3 is 5.97 Å². The molecule has 2 aromatic rings. The van der Waals surface area contributed by atoms with E-state index < -0.39 is 5.97 Å². The van der Waals surface area contributed by atoms with Gasteiger partial charge in [0.15, 0.2) is 0 Å². The number of benzene rings is 1. The summed E-state index contributed by atoms with van der Waals surface area (Å²) < 4.78 is 5.10. The molecule has 0 spiro atoms. The maximum atomic E-state index is 12.2. The van der Waals surface area contributed by atoms with E-state index >= 15 is 0 Å². The number of rotatable bonds is 4. The SMILES string of the molecule is CCOC(=O)c1c(Sc2cc(C)cc(C)c2)cc(=O)[nH]c1C. The van der Waals surface area contributed by atoms with E-state index in [1.54, 1.807) is 13.8 Å². The smallest absolute Gasteiger partial charge is 0.341 e. The molecule has 0 radical (unpaired) electrons. The maximum absolute atomic E-state index is 12.2. The first kappa shape index (κ1) is 16.4. The first-order valence-corrected chi connectivity index (χ1v) is 7.89. The highest BCUT2D eigenvalue weighted by atomic mass is 32.2. The van der Waals surface area contributed by atoms with Crippen molar-refractivity contribution in [2.45, 2.75) is 37.5 Å². The van der Waals surface area contributed by atoms with Crippen molar-refractivity contribution in [2.75, 3.05) is 6.61 Å². The fraction of sp³-hybridized carbons (Fsp3) is 0.294. The Hall–Kier alpha value is -2.01. The van der Waals surface area contributed by atoms with Crippen molar-refractivity contribution in [1.82, 2.24) is 4.98 Å². The molecular formula is C17H19NO3S. The molecule has 0 aliphatic heterocycles. The van der Waals surface area contributed by atoms with E-state index in [1.807, 2.05) is 26.0 Å². The Morgan fingerprint density at radius 3 is 2.36 bits per heavy atom. The van der Waals surface area contributed by atoms with E-state index in [4.69, 9.17) is 4.74 Å². The Bertz CT molecular complexity index is 745. The number of aromatic nitrogens is 1. The predicted molar refractivity (Wildman–Crippen MR) is 87.8 cm³/mol. The highest BCUT2D eigenvalue weighted by molar-refractivity contribution is 7.99. The number of H-pyrrole nitrogens is 1. The largest absolute Gasteiger partial charge is 0.462 e. The minimum atomic E-state index is -0.414. The number of carbonyl (C=O) groups excluding carboxylic acids is 1. The summed E-state index contributed by atoms with van der Waals surface area (Å²) in [5.41, 5.74) is 3.00. The van der Waals surface area contributed by atoms with E-state index in [2.05, 4.69) is 11.1 Å². The van der Waals surface area contributed by atoms with Crippen LogP contribution in [0.2, 0.25) is 0 Å². The van der Waals surface area contributed by atoms with Gasteiger partial charge in [0.25, 0.3) is 0 Å². The van der Waals surface area contributed by atoms with Gasteiger partial charge in [0.1, 0.15) is 0 Å². The molecular weight excluding hydrogens is 298 g/mol. The predicted octanol–water partition coefficient (Wildman–Crippen LogP) is 3.63.